The van der Waals surface area contributed by atoms with Crippen molar-refractivity contribution in [2.24, 2.45) is 5.73 Å². The highest BCUT2D eigenvalue weighted by atomic mass is 16.6. The summed E-state index contributed by atoms with van der Waals surface area (Å²) in [5, 5.41) is 0. The maximum Gasteiger partial charge on any atom is 0.410 e. The summed E-state index contributed by atoms with van der Waals surface area (Å²) in [5.74, 6) is 0. The molecule has 0 spiro atoms. The van der Waals surface area contributed by atoms with Crippen molar-refractivity contribution in [2.45, 2.75) is 39.2 Å². The number of aryl methyl sites for hydroxylation is 1. The molecule has 0 fully saturated rings. The highest BCUT2D eigenvalue weighted by Crippen LogP contribution is 2.11. The SMILES string of the molecule is CC(C)(C)OC(=O)N(CCN)CCCc1ccccc1. The van der Waals surface area contributed by atoms with Crippen molar-refractivity contribution in [3.05, 3.63) is 35.9 Å². The Morgan fingerprint density at radius 2 is 1.85 bits per heavy atom. The lowest BCUT2D eigenvalue weighted by Gasteiger charge is -2.27. The number of benzene rings is 1. The van der Waals surface area contributed by atoms with Crippen molar-refractivity contribution < 1.29 is 9.53 Å². The minimum Gasteiger partial charge on any atom is -0.444 e. The number of amides is 1. The lowest BCUT2D eigenvalue weighted by atomic mass is 10.1. The molecule has 0 aliphatic rings. The van der Waals surface area contributed by atoms with Crippen LogP contribution in [0.3, 0.4) is 0 Å². The Morgan fingerprint density at radius 3 is 2.40 bits per heavy atom. The number of hydrogen-bond acceptors (Lipinski definition) is 3. The average molecular weight is 278 g/mol. The maximum absolute atomic E-state index is 12.0. The monoisotopic (exact) mass is 278 g/mol. The second-order valence-electron chi connectivity index (χ2n) is 5.85. The average Bonchev–Trinajstić information content (AvgIpc) is 2.37. The smallest absolute Gasteiger partial charge is 0.410 e. The van der Waals surface area contributed by atoms with Gasteiger partial charge in [-0.15, -0.1) is 0 Å². The molecule has 0 unspecified atom stereocenters. The molecule has 0 aliphatic heterocycles. The van der Waals surface area contributed by atoms with Gasteiger partial charge in [-0.2, -0.15) is 0 Å². The minimum absolute atomic E-state index is 0.281. The summed E-state index contributed by atoms with van der Waals surface area (Å²) in [6, 6.07) is 10.3. The van der Waals surface area contributed by atoms with E-state index in [4.69, 9.17) is 10.5 Å². The molecule has 4 heteroatoms. The van der Waals surface area contributed by atoms with Crippen LogP contribution in [-0.2, 0) is 11.2 Å². The summed E-state index contributed by atoms with van der Waals surface area (Å²) in [7, 11) is 0. The van der Waals surface area contributed by atoms with E-state index in [1.54, 1.807) is 4.90 Å². The Labute approximate surface area is 121 Å². The van der Waals surface area contributed by atoms with E-state index in [-0.39, 0.29) is 6.09 Å². The number of nitrogens with two attached hydrogens (primary N) is 1. The molecule has 2 N–H and O–H groups in total. The van der Waals surface area contributed by atoms with Gasteiger partial charge in [0, 0.05) is 19.6 Å². The van der Waals surface area contributed by atoms with Gasteiger partial charge in [0.15, 0.2) is 0 Å². The van der Waals surface area contributed by atoms with Crippen LogP contribution in [0.5, 0.6) is 0 Å². The number of ether oxygens (including phenoxy) is 1. The Morgan fingerprint density at radius 1 is 1.20 bits per heavy atom. The predicted octanol–water partition coefficient (Wildman–Crippen LogP) is 2.82. The first-order valence-corrected chi connectivity index (χ1v) is 7.14. The quantitative estimate of drug-likeness (QED) is 0.870. The minimum atomic E-state index is -0.469. The first kappa shape index (κ1) is 16.5. The van der Waals surface area contributed by atoms with E-state index in [1.165, 1.54) is 5.56 Å². The molecular formula is C16H26N2O2. The van der Waals surface area contributed by atoms with Crippen molar-refractivity contribution in [3.63, 3.8) is 0 Å². The van der Waals surface area contributed by atoms with Crippen LogP contribution in [-0.4, -0.2) is 36.2 Å². The Bertz CT molecular complexity index is 399. The fourth-order valence-electron chi connectivity index (χ4n) is 1.90. The number of nitrogens with zero attached hydrogens (tertiary/aromatic N) is 1. The second-order valence-corrected chi connectivity index (χ2v) is 5.85. The van der Waals surface area contributed by atoms with Gasteiger partial charge in [-0.3, -0.25) is 0 Å². The zero-order valence-corrected chi connectivity index (χ0v) is 12.8. The zero-order valence-electron chi connectivity index (χ0n) is 12.8. The van der Waals surface area contributed by atoms with Crippen molar-refractivity contribution >= 4 is 6.09 Å². The van der Waals surface area contributed by atoms with Gasteiger partial charge >= 0.3 is 6.09 Å². The maximum atomic E-state index is 12.0. The van der Waals surface area contributed by atoms with Crippen LogP contribution in [0.1, 0.15) is 32.8 Å². The molecule has 0 saturated heterocycles. The molecular weight excluding hydrogens is 252 g/mol. The zero-order chi connectivity index (χ0) is 15.0. The molecule has 0 aliphatic carbocycles. The van der Waals surface area contributed by atoms with Crippen LogP contribution < -0.4 is 5.73 Å². The topological polar surface area (TPSA) is 55.6 Å². The third-order valence-corrected chi connectivity index (χ3v) is 2.79. The molecule has 4 nitrogen and oxygen atoms in total. The van der Waals surface area contributed by atoms with Crippen LogP contribution in [0.15, 0.2) is 30.3 Å². The van der Waals surface area contributed by atoms with Gasteiger partial charge < -0.3 is 15.4 Å². The van der Waals surface area contributed by atoms with E-state index in [0.29, 0.717) is 19.6 Å². The number of rotatable bonds is 6. The van der Waals surface area contributed by atoms with Crippen molar-refractivity contribution in [1.29, 1.82) is 0 Å². The highest BCUT2D eigenvalue weighted by Gasteiger charge is 2.21. The Balaban J connectivity index is 2.44. The number of carbonyl (C=O) groups is 1. The lowest BCUT2D eigenvalue weighted by molar-refractivity contribution is 0.0253. The molecule has 0 atom stereocenters. The molecule has 0 heterocycles. The molecule has 1 aromatic rings. The standard InChI is InChI=1S/C16H26N2O2/c1-16(2,3)20-15(19)18(13-11-17)12-7-10-14-8-5-4-6-9-14/h4-6,8-9H,7,10-13,17H2,1-3H3. The molecule has 1 rings (SSSR count). The molecule has 1 amide bonds. The largest absolute Gasteiger partial charge is 0.444 e. The summed E-state index contributed by atoms with van der Waals surface area (Å²) in [6.45, 7) is 7.26. The Hall–Kier alpha value is -1.55. The number of carbonyl (C=O) groups excluding carboxylic acids is 1. The fraction of sp³-hybridized carbons (Fsp3) is 0.562. The third-order valence-electron chi connectivity index (χ3n) is 2.79. The van der Waals surface area contributed by atoms with Gasteiger partial charge in [0.25, 0.3) is 0 Å². The molecule has 1 aromatic carbocycles. The van der Waals surface area contributed by atoms with Gasteiger partial charge in [0.1, 0.15) is 5.60 Å². The van der Waals surface area contributed by atoms with E-state index in [1.807, 2.05) is 39.0 Å². The van der Waals surface area contributed by atoms with Crippen molar-refractivity contribution in [1.82, 2.24) is 4.90 Å². The van der Waals surface area contributed by atoms with Crippen molar-refractivity contribution in [2.75, 3.05) is 19.6 Å². The van der Waals surface area contributed by atoms with Crippen LogP contribution in [0, 0.1) is 0 Å². The summed E-state index contributed by atoms with van der Waals surface area (Å²) in [4.78, 5) is 13.7. The molecule has 0 aromatic heterocycles. The number of hydrogen-bond donors (Lipinski definition) is 1. The Kier molecular flexibility index (Phi) is 6.52. The van der Waals surface area contributed by atoms with E-state index < -0.39 is 5.60 Å². The van der Waals surface area contributed by atoms with Gasteiger partial charge in [0.05, 0.1) is 0 Å². The van der Waals surface area contributed by atoms with E-state index >= 15 is 0 Å². The molecule has 0 radical (unpaired) electrons. The van der Waals surface area contributed by atoms with Gasteiger partial charge in [-0.25, -0.2) is 4.79 Å². The van der Waals surface area contributed by atoms with Crippen molar-refractivity contribution in [3.8, 4) is 0 Å². The molecule has 0 saturated carbocycles. The molecule has 112 valence electrons. The third kappa shape index (κ3) is 6.57. The fourth-order valence-corrected chi connectivity index (χ4v) is 1.90. The first-order chi connectivity index (χ1) is 9.42. The summed E-state index contributed by atoms with van der Waals surface area (Å²) in [6.07, 6.45) is 1.57. The second kappa shape index (κ2) is 7.90. The van der Waals surface area contributed by atoms with E-state index in [0.717, 1.165) is 12.8 Å². The van der Waals surface area contributed by atoms with Crippen LogP contribution in [0.4, 0.5) is 4.79 Å². The van der Waals surface area contributed by atoms with Gasteiger partial charge in [0.2, 0.25) is 0 Å². The van der Waals surface area contributed by atoms with E-state index in [9.17, 15) is 4.79 Å². The highest BCUT2D eigenvalue weighted by molar-refractivity contribution is 5.68. The normalized spacial score (nSPS) is 11.2. The van der Waals surface area contributed by atoms with Crippen LogP contribution in [0.2, 0.25) is 0 Å². The summed E-state index contributed by atoms with van der Waals surface area (Å²) in [5.41, 5.74) is 6.38. The lowest BCUT2D eigenvalue weighted by Crippen LogP contribution is -2.40. The van der Waals surface area contributed by atoms with Gasteiger partial charge in [-0.1, -0.05) is 30.3 Å². The van der Waals surface area contributed by atoms with Gasteiger partial charge in [-0.05, 0) is 39.2 Å². The predicted molar refractivity (Wildman–Crippen MR) is 81.6 cm³/mol. The summed E-state index contributed by atoms with van der Waals surface area (Å²) >= 11 is 0. The molecule has 20 heavy (non-hydrogen) atoms. The van der Waals surface area contributed by atoms with Crippen LogP contribution in [0.25, 0.3) is 0 Å². The van der Waals surface area contributed by atoms with E-state index in [2.05, 4.69) is 12.1 Å². The summed E-state index contributed by atoms with van der Waals surface area (Å²) < 4.78 is 5.39. The molecule has 0 bridgehead atoms. The first-order valence-electron chi connectivity index (χ1n) is 7.14. The van der Waals surface area contributed by atoms with Crippen LogP contribution >= 0.6 is 0 Å².